The Morgan fingerprint density at radius 1 is 1.24 bits per heavy atom. The first-order valence-electron chi connectivity index (χ1n) is 5.45. The Bertz CT molecular complexity index is 476. The van der Waals surface area contributed by atoms with Gasteiger partial charge in [0.25, 0.3) is 5.89 Å². The van der Waals surface area contributed by atoms with Gasteiger partial charge in [0, 0.05) is 12.1 Å². The lowest BCUT2D eigenvalue weighted by Crippen LogP contribution is -2.11. The largest absolute Gasteiger partial charge is 0.334 e. The second kappa shape index (κ2) is 5.07. The van der Waals surface area contributed by atoms with Crippen LogP contribution < -0.4 is 5.73 Å². The van der Waals surface area contributed by atoms with Gasteiger partial charge in [0.2, 0.25) is 0 Å². The monoisotopic (exact) mass is 232 g/mol. The molecule has 0 aliphatic heterocycles. The Morgan fingerprint density at radius 3 is 2.53 bits per heavy atom. The molecule has 2 aromatic rings. The molecule has 5 nitrogen and oxygen atoms in total. The van der Waals surface area contributed by atoms with Crippen LogP contribution in [0.1, 0.15) is 11.4 Å². The van der Waals surface area contributed by atoms with Crippen LogP contribution in [0.2, 0.25) is 0 Å². The molecule has 2 N–H and O–H groups in total. The topological polar surface area (TPSA) is 68.2 Å². The summed E-state index contributed by atoms with van der Waals surface area (Å²) in [5, 5.41) is 3.92. The highest BCUT2D eigenvalue weighted by molar-refractivity contribution is 5.53. The lowest BCUT2D eigenvalue weighted by Gasteiger charge is -2.03. The van der Waals surface area contributed by atoms with Gasteiger partial charge in [-0.15, -0.1) is 0 Å². The number of aromatic nitrogens is 2. The summed E-state index contributed by atoms with van der Waals surface area (Å²) in [6, 6.07) is 7.81. The molecule has 5 heteroatoms. The molecule has 1 heterocycles. The number of benzene rings is 1. The minimum Gasteiger partial charge on any atom is -0.334 e. The van der Waals surface area contributed by atoms with Crippen molar-refractivity contribution >= 4 is 0 Å². The van der Waals surface area contributed by atoms with E-state index >= 15 is 0 Å². The highest BCUT2D eigenvalue weighted by atomic mass is 16.5. The molecule has 1 aromatic heterocycles. The van der Waals surface area contributed by atoms with Gasteiger partial charge >= 0.3 is 0 Å². The van der Waals surface area contributed by atoms with Gasteiger partial charge in [-0.25, -0.2) is 0 Å². The molecule has 0 amide bonds. The minimum atomic E-state index is 0.538. The van der Waals surface area contributed by atoms with Gasteiger partial charge in [-0.1, -0.05) is 17.3 Å². The first-order chi connectivity index (χ1) is 8.19. The average Bonchev–Trinajstić information content (AvgIpc) is 2.77. The molecule has 2 rings (SSSR count). The van der Waals surface area contributed by atoms with Crippen LogP contribution in [0.3, 0.4) is 0 Å². The lowest BCUT2D eigenvalue weighted by molar-refractivity contribution is 0.365. The second-order valence-corrected chi connectivity index (χ2v) is 4.15. The van der Waals surface area contributed by atoms with Crippen LogP contribution >= 0.6 is 0 Å². The number of hydrogen-bond acceptors (Lipinski definition) is 5. The van der Waals surface area contributed by atoms with Crippen molar-refractivity contribution in [3.05, 3.63) is 35.7 Å². The Morgan fingerprint density at radius 2 is 1.94 bits per heavy atom. The van der Waals surface area contributed by atoms with Crippen molar-refractivity contribution in [2.24, 2.45) is 5.73 Å². The summed E-state index contributed by atoms with van der Waals surface area (Å²) < 4.78 is 5.21. The van der Waals surface area contributed by atoms with E-state index in [0.717, 1.165) is 11.1 Å². The Balaban J connectivity index is 2.18. The van der Waals surface area contributed by atoms with Crippen LogP contribution in [-0.4, -0.2) is 29.1 Å². The quantitative estimate of drug-likeness (QED) is 0.859. The zero-order valence-corrected chi connectivity index (χ0v) is 10.1. The van der Waals surface area contributed by atoms with Crippen molar-refractivity contribution in [3.8, 4) is 11.5 Å². The van der Waals surface area contributed by atoms with Crippen molar-refractivity contribution < 1.29 is 4.52 Å². The Kier molecular flexibility index (Phi) is 3.51. The zero-order valence-electron chi connectivity index (χ0n) is 10.1. The normalized spacial score (nSPS) is 11.1. The van der Waals surface area contributed by atoms with Crippen molar-refractivity contribution in [1.82, 2.24) is 15.0 Å². The van der Waals surface area contributed by atoms with Crippen LogP contribution in [0.25, 0.3) is 11.5 Å². The van der Waals surface area contributed by atoms with E-state index in [1.54, 1.807) is 0 Å². The average molecular weight is 232 g/mol. The van der Waals surface area contributed by atoms with E-state index in [9.17, 15) is 0 Å². The smallest absolute Gasteiger partial charge is 0.257 e. The maximum absolute atomic E-state index is 5.54. The SMILES string of the molecule is CN(C)Cc1noc(-c2ccc(CN)cc2)n1. The van der Waals surface area contributed by atoms with E-state index in [1.807, 2.05) is 43.3 Å². The molecule has 0 radical (unpaired) electrons. The van der Waals surface area contributed by atoms with E-state index in [4.69, 9.17) is 10.3 Å². The van der Waals surface area contributed by atoms with Crippen LogP contribution in [0.5, 0.6) is 0 Å². The molecule has 0 saturated carbocycles. The van der Waals surface area contributed by atoms with E-state index in [-0.39, 0.29) is 0 Å². The third-order valence-corrected chi connectivity index (χ3v) is 2.36. The maximum Gasteiger partial charge on any atom is 0.257 e. The summed E-state index contributed by atoms with van der Waals surface area (Å²) in [4.78, 5) is 6.32. The summed E-state index contributed by atoms with van der Waals surface area (Å²) in [6.45, 7) is 1.21. The fourth-order valence-corrected chi connectivity index (χ4v) is 1.50. The van der Waals surface area contributed by atoms with Gasteiger partial charge in [0.05, 0.1) is 6.54 Å². The third-order valence-electron chi connectivity index (χ3n) is 2.36. The predicted molar refractivity (Wildman–Crippen MR) is 65.0 cm³/mol. The van der Waals surface area contributed by atoms with Crippen molar-refractivity contribution in [2.75, 3.05) is 14.1 Å². The molecule has 90 valence electrons. The van der Waals surface area contributed by atoms with Crippen LogP contribution in [0, 0.1) is 0 Å². The molecule has 0 fully saturated rings. The summed E-state index contributed by atoms with van der Waals surface area (Å²) in [5.74, 6) is 1.23. The van der Waals surface area contributed by atoms with Crippen LogP contribution in [0.15, 0.2) is 28.8 Å². The highest BCUT2D eigenvalue weighted by Crippen LogP contribution is 2.17. The van der Waals surface area contributed by atoms with E-state index in [2.05, 4.69) is 10.1 Å². The summed E-state index contributed by atoms with van der Waals surface area (Å²) in [5.41, 5.74) is 7.54. The molecular weight excluding hydrogens is 216 g/mol. The first-order valence-corrected chi connectivity index (χ1v) is 5.45. The summed E-state index contributed by atoms with van der Waals surface area (Å²) in [6.07, 6.45) is 0. The van der Waals surface area contributed by atoms with E-state index < -0.39 is 0 Å². The Labute approximate surface area is 100 Å². The molecule has 0 aliphatic carbocycles. The predicted octanol–water partition coefficient (Wildman–Crippen LogP) is 1.26. The maximum atomic E-state index is 5.54. The van der Waals surface area contributed by atoms with Crippen molar-refractivity contribution in [3.63, 3.8) is 0 Å². The number of rotatable bonds is 4. The fourth-order valence-electron chi connectivity index (χ4n) is 1.50. The van der Waals surface area contributed by atoms with Gasteiger partial charge in [0.15, 0.2) is 5.82 Å². The molecule has 0 bridgehead atoms. The number of nitrogens with two attached hydrogens (primary N) is 1. The molecule has 0 unspecified atom stereocenters. The van der Waals surface area contributed by atoms with Crippen LogP contribution in [-0.2, 0) is 13.1 Å². The summed E-state index contributed by atoms with van der Waals surface area (Å²) in [7, 11) is 3.93. The molecule has 1 aromatic carbocycles. The van der Waals surface area contributed by atoms with Gasteiger partial charge in [-0.2, -0.15) is 4.98 Å². The van der Waals surface area contributed by atoms with Gasteiger partial charge in [-0.3, -0.25) is 0 Å². The lowest BCUT2D eigenvalue weighted by atomic mass is 10.1. The van der Waals surface area contributed by atoms with E-state index in [0.29, 0.717) is 24.8 Å². The number of hydrogen-bond donors (Lipinski definition) is 1. The van der Waals surface area contributed by atoms with Gasteiger partial charge < -0.3 is 15.2 Å². The summed E-state index contributed by atoms with van der Waals surface area (Å²) >= 11 is 0. The van der Waals surface area contributed by atoms with Gasteiger partial charge in [0.1, 0.15) is 0 Å². The van der Waals surface area contributed by atoms with Crippen LogP contribution in [0.4, 0.5) is 0 Å². The molecule has 0 aliphatic rings. The minimum absolute atomic E-state index is 0.538. The highest BCUT2D eigenvalue weighted by Gasteiger charge is 2.08. The second-order valence-electron chi connectivity index (χ2n) is 4.15. The molecule has 0 saturated heterocycles. The molecule has 17 heavy (non-hydrogen) atoms. The van der Waals surface area contributed by atoms with Gasteiger partial charge in [-0.05, 0) is 31.8 Å². The van der Waals surface area contributed by atoms with Crippen molar-refractivity contribution in [1.29, 1.82) is 0 Å². The Hall–Kier alpha value is -1.72. The molecule has 0 spiro atoms. The number of nitrogens with zero attached hydrogens (tertiary/aromatic N) is 3. The molecular formula is C12H16N4O. The standard InChI is InChI=1S/C12H16N4O/c1-16(2)8-11-14-12(17-15-11)10-5-3-9(7-13)4-6-10/h3-6H,7-8,13H2,1-2H3. The fraction of sp³-hybridized carbons (Fsp3) is 0.333. The van der Waals surface area contributed by atoms with Crippen molar-refractivity contribution in [2.45, 2.75) is 13.1 Å². The zero-order chi connectivity index (χ0) is 12.3. The molecule has 0 atom stereocenters. The third kappa shape index (κ3) is 2.89. The van der Waals surface area contributed by atoms with E-state index in [1.165, 1.54) is 0 Å². The first kappa shape index (κ1) is 11.8.